The zero-order valence-electron chi connectivity index (χ0n) is 13.5. The maximum Gasteiger partial charge on any atom is 0.184 e. The molecule has 6 heteroatoms. The van der Waals surface area contributed by atoms with Crippen molar-refractivity contribution in [1.29, 1.82) is 0 Å². The number of ether oxygens (including phenoxy) is 3. The number of hydrogen-bond acceptors (Lipinski definition) is 5. The topological polar surface area (TPSA) is 40.2 Å². The molecule has 0 N–H and O–H groups in total. The van der Waals surface area contributed by atoms with Crippen LogP contribution in [0.2, 0.25) is 19.6 Å². The summed E-state index contributed by atoms with van der Waals surface area (Å²) >= 11 is 0. The number of rotatable bonds is 5. The van der Waals surface area contributed by atoms with Crippen molar-refractivity contribution in [2.75, 3.05) is 39.5 Å². The van der Waals surface area contributed by atoms with Crippen molar-refractivity contribution in [3.05, 3.63) is 0 Å². The molecule has 2 aliphatic heterocycles. The van der Waals surface area contributed by atoms with Gasteiger partial charge in [-0.15, -0.1) is 0 Å². The highest BCUT2D eigenvalue weighted by atomic mass is 28.4. The second-order valence-corrected chi connectivity index (χ2v) is 11.5. The number of hydrogen-bond donors (Lipinski definition) is 0. The molecule has 20 heavy (non-hydrogen) atoms. The van der Waals surface area contributed by atoms with Crippen LogP contribution in [0.1, 0.15) is 13.8 Å². The normalized spacial score (nSPS) is 29.6. The van der Waals surface area contributed by atoms with Gasteiger partial charge in [0.25, 0.3) is 0 Å². The van der Waals surface area contributed by atoms with E-state index in [1.54, 1.807) is 0 Å². The highest BCUT2D eigenvalue weighted by molar-refractivity contribution is 6.69. The molecule has 2 fully saturated rings. The van der Waals surface area contributed by atoms with E-state index in [2.05, 4.69) is 24.5 Å². The molecule has 0 unspecified atom stereocenters. The molecule has 0 amide bonds. The second kappa shape index (κ2) is 6.42. The Hall–Kier alpha value is 0.0169. The molecule has 2 rings (SSSR count). The maximum atomic E-state index is 6.37. The molecule has 0 aromatic heterocycles. The van der Waals surface area contributed by atoms with Gasteiger partial charge < -0.3 is 18.6 Å². The molecule has 0 aromatic carbocycles. The predicted molar refractivity (Wildman–Crippen MR) is 80.4 cm³/mol. The minimum atomic E-state index is -1.61. The first kappa shape index (κ1) is 16.4. The number of nitrogens with zero attached hydrogens (tertiary/aromatic N) is 1. The minimum Gasteiger partial charge on any atom is -0.411 e. The molecule has 0 saturated carbocycles. The zero-order valence-corrected chi connectivity index (χ0v) is 14.5. The lowest BCUT2D eigenvalue weighted by molar-refractivity contribution is -0.151. The molecule has 0 aromatic rings. The quantitative estimate of drug-likeness (QED) is 0.723. The monoisotopic (exact) mass is 303 g/mol. The third-order valence-corrected chi connectivity index (χ3v) is 4.50. The van der Waals surface area contributed by atoms with Crippen LogP contribution in [0.15, 0.2) is 0 Å². The van der Waals surface area contributed by atoms with Gasteiger partial charge in [0.2, 0.25) is 0 Å². The molecule has 5 nitrogen and oxygen atoms in total. The van der Waals surface area contributed by atoms with E-state index in [0.717, 1.165) is 32.8 Å². The third kappa shape index (κ3) is 5.09. The van der Waals surface area contributed by atoms with Crippen molar-refractivity contribution >= 4 is 8.32 Å². The van der Waals surface area contributed by atoms with Crippen LogP contribution >= 0.6 is 0 Å². The van der Waals surface area contributed by atoms with Crippen LogP contribution < -0.4 is 0 Å². The van der Waals surface area contributed by atoms with Gasteiger partial charge in [-0.3, -0.25) is 4.90 Å². The standard InChI is InChI=1S/C14H29NO4Si/c1-14(2)17-11-13(18-14)12(19-20(3,4)5)10-15-6-8-16-9-7-15/h12-13H,6-11H2,1-5H3/t12-,13+/m0/s1. The summed E-state index contributed by atoms with van der Waals surface area (Å²) in [5.74, 6) is -0.489. The van der Waals surface area contributed by atoms with Crippen LogP contribution in [0.5, 0.6) is 0 Å². The molecule has 2 heterocycles. The lowest BCUT2D eigenvalue weighted by Crippen LogP contribution is -2.49. The van der Waals surface area contributed by atoms with Crippen LogP contribution in [-0.4, -0.2) is 70.7 Å². The number of morpholine rings is 1. The highest BCUT2D eigenvalue weighted by Gasteiger charge is 2.40. The Balaban J connectivity index is 1.96. The average Bonchev–Trinajstić information content (AvgIpc) is 2.68. The summed E-state index contributed by atoms with van der Waals surface area (Å²) in [6.45, 7) is 15.7. The van der Waals surface area contributed by atoms with E-state index >= 15 is 0 Å². The first-order valence-corrected chi connectivity index (χ1v) is 11.0. The summed E-state index contributed by atoms with van der Waals surface area (Å²) in [7, 11) is -1.61. The molecule has 2 aliphatic rings. The van der Waals surface area contributed by atoms with Crippen molar-refractivity contribution in [2.45, 2.75) is 51.5 Å². The molecule has 0 bridgehead atoms. The fourth-order valence-electron chi connectivity index (χ4n) is 2.62. The summed E-state index contributed by atoms with van der Waals surface area (Å²) in [5, 5.41) is 0. The predicted octanol–water partition coefficient (Wildman–Crippen LogP) is 1.69. The summed E-state index contributed by atoms with van der Waals surface area (Å²) in [4.78, 5) is 2.41. The van der Waals surface area contributed by atoms with Gasteiger partial charge in [0.1, 0.15) is 6.10 Å². The average molecular weight is 303 g/mol. The van der Waals surface area contributed by atoms with Crippen molar-refractivity contribution in [3.63, 3.8) is 0 Å². The van der Waals surface area contributed by atoms with E-state index in [1.807, 2.05) is 13.8 Å². The summed E-state index contributed by atoms with van der Waals surface area (Å²) in [5.41, 5.74) is 0. The van der Waals surface area contributed by atoms with Crippen LogP contribution in [0, 0.1) is 0 Å². The fraction of sp³-hybridized carbons (Fsp3) is 1.00. The molecule has 2 saturated heterocycles. The lowest BCUT2D eigenvalue weighted by Gasteiger charge is -2.35. The summed E-state index contributed by atoms with van der Waals surface area (Å²) in [6.07, 6.45) is 0.112. The minimum absolute atomic E-state index is 0.0274. The van der Waals surface area contributed by atoms with E-state index in [9.17, 15) is 0 Å². The van der Waals surface area contributed by atoms with Gasteiger partial charge in [-0.2, -0.15) is 0 Å². The van der Waals surface area contributed by atoms with E-state index in [-0.39, 0.29) is 12.2 Å². The SMILES string of the molecule is CC1(C)OC[C@H]([C@H](CN2CCOCC2)O[Si](C)(C)C)O1. The van der Waals surface area contributed by atoms with Crippen LogP contribution in [-0.2, 0) is 18.6 Å². The first-order chi connectivity index (χ1) is 9.25. The Kier molecular flexibility index (Phi) is 5.26. The van der Waals surface area contributed by atoms with Gasteiger partial charge in [0, 0.05) is 19.6 Å². The zero-order chi connectivity index (χ0) is 14.8. The fourth-order valence-corrected chi connectivity index (χ4v) is 3.76. The third-order valence-electron chi connectivity index (χ3n) is 3.49. The van der Waals surface area contributed by atoms with Gasteiger partial charge in [-0.1, -0.05) is 0 Å². The van der Waals surface area contributed by atoms with Gasteiger partial charge >= 0.3 is 0 Å². The highest BCUT2D eigenvalue weighted by Crippen LogP contribution is 2.27. The van der Waals surface area contributed by atoms with Gasteiger partial charge in [-0.05, 0) is 33.5 Å². The molecule has 0 aliphatic carbocycles. The van der Waals surface area contributed by atoms with Crippen LogP contribution in [0.25, 0.3) is 0 Å². The van der Waals surface area contributed by atoms with Gasteiger partial charge in [-0.25, -0.2) is 0 Å². The van der Waals surface area contributed by atoms with Crippen LogP contribution in [0.4, 0.5) is 0 Å². The van der Waals surface area contributed by atoms with E-state index < -0.39 is 14.1 Å². The Morgan fingerprint density at radius 2 is 1.90 bits per heavy atom. The molecule has 2 atom stereocenters. The van der Waals surface area contributed by atoms with Gasteiger partial charge in [0.05, 0.1) is 25.9 Å². The Morgan fingerprint density at radius 1 is 1.25 bits per heavy atom. The lowest BCUT2D eigenvalue weighted by atomic mass is 10.2. The maximum absolute atomic E-state index is 6.37. The van der Waals surface area contributed by atoms with E-state index in [0.29, 0.717) is 6.61 Å². The van der Waals surface area contributed by atoms with E-state index in [1.165, 1.54) is 0 Å². The molecule has 118 valence electrons. The summed E-state index contributed by atoms with van der Waals surface area (Å²) < 4.78 is 23.5. The Morgan fingerprint density at radius 3 is 2.40 bits per heavy atom. The molecule has 0 radical (unpaired) electrons. The molecular formula is C14H29NO4Si. The van der Waals surface area contributed by atoms with Gasteiger partial charge in [0.15, 0.2) is 14.1 Å². The molecule has 0 spiro atoms. The van der Waals surface area contributed by atoms with Crippen molar-refractivity contribution < 1.29 is 18.6 Å². The van der Waals surface area contributed by atoms with E-state index in [4.69, 9.17) is 18.6 Å². The van der Waals surface area contributed by atoms with Crippen molar-refractivity contribution in [1.82, 2.24) is 4.90 Å². The Labute approximate surface area is 123 Å². The largest absolute Gasteiger partial charge is 0.411 e. The smallest absolute Gasteiger partial charge is 0.184 e. The first-order valence-electron chi connectivity index (χ1n) is 7.55. The summed E-state index contributed by atoms with van der Waals surface area (Å²) in [6, 6.07) is 0. The second-order valence-electron chi connectivity index (χ2n) is 7.05. The molecular weight excluding hydrogens is 274 g/mol. The van der Waals surface area contributed by atoms with Crippen LogP contribution in [0.3, 0.4) is 0 Å². The van der Waals surface area contributed by atoms with Crippen molar-refractivity contribution in [2.24, 2.45) is 0 Å². The Bertz CT molecular complexity index is 313. The van der Waals surface area contributed by atoms with Crippen molar-refractivity contribution in [3.8, 4) is 0 Å².